The van der Waals surface area contributed by atoms with Crippen molar-refractivity contribution in [2.45, 2.75) is 39.3 Å². The van der Waals surface area contributed by atoms with Crippen molar-refractivity contribution in [1.82, 2.24) is 0 Å². The summed E-state index contributed by atoms with van der Waals surface area (Å²) >= 11 is 0. The van der Waals surface area contributed by atoms with E-state index >= 15 is 0 Å². The number of ether oxygens (including phenoxy) is 1. The molecule has 3 heteroatoms. The molecule has 1 fully saturated rings. The maximum Gasteiger partial charge on any atom is 0.0661 e. The van der Waals surface area contributed by atoms with E-state index in [0.29, 0.717) is 12.1 Å². The van der Waals surface area contributed by atoms with Crippen LogP contribution in [0.4, 0.5) is 11.4 Å². The number of hydrogen-bond acceptors (Lipinski definition) is 3. The van der Waals surface area contributed by atoms with Crippen LogP contribution in [-0.2, 0) is 4.74 Å². The van der Waals surface area contributed by atoms with Gasteiger partial charge in [-0.1, -0.05) is 19.9 Å². The zero-order valence-corrected chi connectivity index (χ0v) is 11.1. The fourth-order valence-electron chi connectivity index (χ4n) is 2.51. The van der Waals surface area contributed by atoms with Crippen LogP contribution < -0.4 is 11.1 Å². The lowest BCUT2D eigenvalue weighted by atomic mass is 9.64. The molecule has 0 radical (unpaired) electrons. The second-order valence-electron chi connectivity index (χ2n) is 5.57. The topological polar surface area (TPSA) is 47.3 Å². The highest BCUT2D eigenvalue weighted by Gasteiger charge is 2.48. The lowest BCUT2D eigenvalue weighted by Gasteiger charge is -2.51. The molecule has 2 unspecified atom stereocenters. The van der Waals surface area contributed by atoms with Gasteiger partial charge in [0, 0.05) is 18.6 Å². The van der Waals surface area contributed by atoms with Crippen LogP contribution in [0.2, 0.25) is 0 Å². The molecule has 0 aromatic heterocycles. The Balaban J connectivity index is 2.10. The molecule has 17 heavy (non-hydrogen) atoms. The van der Waals surface area contributed by atoms with Gasteiger partial charge in [-0.05, 0) is 31.0 Å². The van der Waals surface area contributed by atoms with E-state index in [-0.39, 0.29) is 5.41 Å². The predicted molar refractivity (Wildman–Crippen MR) is 72.2 cm³/mol. The molecule has 1 saturated carbocycles. The monoisotopic (exact) mass is 234 g/mol. The van der Waals surface area contributed by atoms with Gasteiger partial charge in [0.15, 0.2) is 0 Å². The number of nitrogens with two attached hydrogens (primary N) is 1. The summed E-state index contributed by atoms with van der Waals surface area (Å²) in [6.07, 6.45) is 1.38. The number of rotatable bonds is 3. The van der Waals surface area contributed by atoms with Gasteiger partial charge in [0.05, 0.1) is 17.5 Å². The third-order valence-electron chi connectivity index (χ3n) is 4.00. The third kappa shape index (κ3) is 2.12. The molecule has 3 N–H and O–H groups in total. The summed E-state index contributed by atoms with van der Waals surface area (Å²) in [4.78, 5) is 0. The van der Waals surface area contributed by atoms with Gasteiger partial charge in [0.1, 0.15) is 0 Å². The highest BCUT2D eigenvalue weighted by Crippen LogP contribution is 2.44. The van der Waals surface area contributed by atoms with Crippen molar-refractivity contribution < 1.29 is 4.74 Å². The minimum atomic E-state index is 0.158. The molecule has 0 saturated heterocycles. The SMILES string of the molecule is COC1CC(Nc2cc(C)ccc2N)C1(C)C. The number of nitrogens with one attached hydrogen (secondary N) is 1. The first-order valence-corrected chi connectivity index (χ1v) is 6.10. The van der Waals surface area contributed by atoms with Crippen molar-refractivity contribution >= 4 is 11.4 Å². The first-order valence-electron chi connectivity index (χ1n) is 6.10. The summed E-state index contributed by atoms with van der Waals surface area (Å²) in [5, 5.41) is 3.54. The number of nitrogen functional groups attached to an aromatic ring is 1. The van der Waals surface area contributed by atoms with Crippen LogP contribution in [0, 0.1) is 12.3 Å². The van der Waals surface area contributed by atoms with Crippen LogP contribution >= 0.6 is 0 Å². The molecule has 2 atom stereocenters. The van der Waals surface area contributed by atoms with Crippen molar-refractivity contribution in [3.8, 4) is 0 Å². The summed E-state index contributed by atoms with van der Waals surface area (Å²) in [5.41, 5.74) is 9.21. The average Bonchev–Trinajstić information content (AvgIpc) is 2.28. The molecule has 1 aromatic carbocycles. The van der Waals surface area contributed by atoms with Crippen LogP contribution in [0.1, 0.15) is 25.8 Å². The van der Waals surface area contributed by atoms with Gasteiger partial charge in [-0.3, -0.25) is 0 Å². The van der Waals surface area contributed by atoms with Crippen LogP contribution in [0.5, 0.6) is 0 Å². The second-order valence-corrected chi connectivity index (χ2v) is 5.57. The van der Waals surface area contributed by atoms with E-state index in [2.05, 4.69) is 32.2 Å². The Hall–Kier alpha value is -1.22. The maximum absolute atomic E-state index is 5.98. The first kappa shape index (κ1) is 12.2. The number of anilines is 2. The molecule has 0 spiro atoms. The molecule has 1 aliphatic rings. The zero-order chi connectivity index (χ0) is 12.6. The van der Waals surface area contributed by atoms with Gasteiger partial charge in [-0.2, -0.15) is 0 Å². The fraction of sp³-hybridized carbons (Fsp3) is 0.571. The van der Waals surface area contributed by atoms with Gasteiger partial charge < -0.3 is 15.8 Å². The zero-order valence-electron chi connectivity index (χ0n) is 11.1. The van der Waals surface area contributed by atoms with Crippen molar-refractivity contribution in [1.29, 1.82) is 0 Å². The molecular weight excluding hydrogens is 212 g/mol. The molecule has 3 nitrogen and oxygen atoms in total. The quantitative estimate of drug-likeness (QED) is 0.791. The molecule has 1 aromatic rings. The molecule has 0 aliphatic heterocycles. The van der Waals surface area contributed by atoms with E-state index < -0.39 is 0 Å². The number of aryl methyl sites for hydroxylation is 1. The van der Waals surface area contributed by atoms with E-state index in [1.807, 2.05) is 12.1 Å². The summed E-state index contributed by atoms with van der Waals surface area (Å²) in [6, 6.07) is 6.52. The molecule has 2 rings (SSSR count). The summed E-state index contributed by atoms with van der Waals surface area (Å²) in [7, 11) is 1.78. The second kappa shape index (κ2) is 4.22. The normalized spacial score (nSPS) is 26.4. The molecule has 0 bridgehead atoms. The lowest BCUT2D eigenvalue weighted by molar-refractivity contribution is -0.0794. The lowest BCUT2D eigenvalue weighted by Crippen LogP contribution is -2.57. The number of methoxy groups -OCH3 is 1. The van der Waals surface area contributed by atoms with Gasteiger partial charge >= 0.3 is 0 Å². The van der Waals surface area contributed by atoms with Crippen molar-refractivity contribution in [3.05, 3.63) is 23.8 Å². The number of benzene rings is 1. The number of hydrogen-bond donors (Lipinski definition) is 2. The fourth-order valence-corrected chi connectivity index (χ4v) is 2.51. The Kier molecular flexibility index (Phi) is 3.04. The minimum absolute atomic E-state index is 0.158. The molecule has 1 aliphatic carbocycles. The standard InChI is InChI=1S/C14H22N2O/c1-9-5-6-10(15)11(7-9)16-12-8-13(17-4)14(12,2)3/h5-7,12-13,16H,8,15H2,1-4H3. The van der Waals surface area contributed by atoms with Gasteiger partial charge in [-0.25, -0.2) is 0 Å². The van der Waals surface area contributed by atoms with Crippen molar-refractivity contribution in [3.63, 3.8) is 0 Å². The Bertz CT molecular complexity index is 415. The predicted octanol–water partition coefficient (Wildman–Crippen LogP) is 2.80. The highest BCUT2D eigenvalue weighted by molar-refractivity contribution is 5.67. The summed E-state index contributed by atoms with van der Waals surface area (Å²) in [5.74, 6) is 0. The van der Waals surface area contributed by atoms with Crippen LogP contribution in [-0.4, -0.2) is 19.3 Å². The minimum Gasteiger partial charge on any atom is -0.397 e. The third-order valence-corrected chi connectivity index (χ3v) is 4.00. The van der Waals surface area contributed by atoms with Crippen molar-refractivity contribution in [2.75, 3.05) is 18.2 Å². The van der Waals surface area contributed by atoms with Crippen LogP contribution in [0.25, 0.3) is 0 Å². The van der Waals surface area contributed by atoms with Crippen LogP contribution in [0.3, 0.4) is 0 Å². The van der Waals surface area contributed by atoms with Gasteiger partial charge in [0.25, 0.3) is 0 Å². The van der Waals surface area contributed by atoms with Gasteiger partial charge in [0.2, 0.25) is 0 Å². The first-order chi connectivity index (χ1) is 7.95. The molecule has 94 valence electrons. The molecule has 0 amide bonds. The van der Waals surface area contributed by atoms with Crippen molar-refractivity contribution in [2.24, 2.45) is 5.41 Å². The Labute approximate surface area is 103 Å². The molecule has 0 heterocycles. The van der Waals surface area contributed by atoms with Crippen LogP contribution in [0.15, 0.2) is 18.2 Å². The van der Waals surface area contributed by atoms with E-state index in [1.54, 1.807) is 7.11 Å². The summed E-state index contributed by atoms with van der Waals surface area (Å²) in [6.45, 7) is 6.54. The molecular formula is C14H22N2O. The Morgan fingerprint density at radius 2 is 2.12 bits per heavy atom. The Morgan fingerprint density at radius 1 is 1.41 bits per heavy atom. The Morgan fingerprint density at radius 3 is 2.71 bits per heavy atom. The average molecular weight is 234 g/mol. The van der Waals surface area contributed by atoms with Gasteiger partial charge in [-0.15, -0.1) is 0 Å². The smallest absolute Gasteiger partial charge is 0.0661 e. The van der Waals surface area contributed by atoms with E-state index in [4.69, 9.17) is 10.5 Å². The largest absolute Gasteiger partial charge is 0.397 e. The maximum atomic E-state index is 5.98. The van der Waals surface area contributed by atoms with E-state index in [0.717, 1.165) is 17.8 Å². The summed E-state index contributed by atoms with van der Waals surface area (Å²) < 4.78 is 5.45. The van der Waals surface area contributed by atoms with E-state index in [9.17, 15) is 0 Å². The highest BCUT2D eigenvalue weighted by atomic mass is 16.5. The van der Waals surface area contributed by atoms with E-state index in [1.165, 1.54) is 5.56 Å².